The first-order chi connectivity index (χ1) is 30.1. The third-order valence-electron chi connectivity index (χ3n) is 10.2. The number of unbranched alkanes of at least 4 members (excludes halogenated alkanes) is 2. The van der Waals surface area contributed by atoms with Gasteiger partial charge in [0.15, 0.2) is 0 Å². The molecule has 63 heavy (non-hydrogen) atoms. The Morgan fingerprint density at radius 1 is 0.571 bits per heavy atom. The molecule has 0 spiro atoms. The lowest BCUT2D eigenvalue weighted by atomic mass is 10.1. The Morgan fingerprint density at radius 3 is 1.75 bits per heavy atom. The number of benzene rings is 2. The molecule has 1 unspecified atom stereocenters. The van der Waals surface area contributed by atoms with Gasteiger partial charge in [0.05, 0.1) is 12.2 Å². The van der Waals surface area contributed by atoms with E-state index in [0.29, 0.717) is 65.7 Å². The summed E-state index contributed by atoms with van der Waals surface area (Å²) in [5, 5.41) is 16.4. The van der Waals surface area contributed by atoms with Crippen LogP contribution < -0.4 is 31.9 Å². The first-order valence-corrected chi connectivity index (χ1v) is 20.9. The van der Waals surface area contributed by atoms with Gasteiger partial charge in [0.1, 0.15) is 17.4 Å². The zero-order valence-corrected chi connectivity index (χ0v) is 36.2. The molecule has 5 rings (SSSR count). The molecular weight excluding hydrogens is 807 g/mol. The lowest BCUT2D eigenvalue weighted by Crippen LogP contribution is -2.45. The van der Waals surface area contributed by atoms with Crippen LogP contribution in [0.5, 0.6) is 0 Å². The number of aryl methyl sites for hydroxylation is 2. The summed E-state index contributed by atoms with van der Waals surface area (Å²) >= 11 is 0. The third-order valence-corrected chi connectivity index (χ3v) is 10.2. The first-order valence-electron chi connectivity index (χ1n) is 20.9. The van der Waals surface area contributed by atoms with E-state index in [2.05, 4.69) is 45.7 Å². The monoisotopic (exact) mass is 861 g/mol. The largest absolute Gasteiger partial charge is 0.347 e. The number of carbonyl (C=O) groups excluding carboxylic acids is 8. The van der Waals surface area contributed by atoms with Gasteiger partial charge in [-0.25, -0.2) is 0 Å². The van der Waals surface area contributed by atoms with Crippen LogP contribution in [0.2, 0.25) is 0 Å². The highest BCUT2D eigenvalue weighted by atomic mass is 16.2. The van der Waals surface area contributed by atoms with Gasteiger partial charge in [0.25, 0.3) is 23.6 Å². The van der Waals surface area contributed by atoms with Gasteiger partial charge in [-0.05, 0) is 86.2 Å². The zero-order chi connectivity index (χ0) is 45.6. The molecule has 4 aromatic rings. The Labute approximate surface area is 366 Å². The van der Waals surface area contributed by atoms with Crippen molar-refractivity contribution < 1.29 is 38.4 Å². The van der Waals surface area contributed by atoms with E-state index in [9.17, 15) is 38.4 Å². The van der Waals surface area contributed by atoms with Gasteiger partial charge in [-0.15, -0.1) is 0 Å². The van der Waals surface area contributed by atoms with Crippen LogP contribution in [0.1, 0.15) is 86.7 Å². The van der Waals surface area contributed by atoms with Gasteiger partial charge in [-0.2, -0.15) is 0 Å². The highest BCUT2D eigenvalue weighted by Gasteiger charge is 2.23. The third kappa shape index (κ3) is 13.9. The molecule has 0 saturated carbocycles. The number of nitrogens with zero attached hydrogens (tertiary/aromatic N) is 3. The molecule has 1 atom stereocenters. The van der Waals surface area contributed by atoms with Crippen molar-refractivity contribution in [3.63, 3.8) is 0 Å². The van der Waals surface area contributed by atoms with Crippen LogP contribution in [0.3, 0.4) is 0 Å². The second-order valence-corrected chi connectivity index (χ2v) is 15.9. The van der Waals surface area contributed by atoms with Crippen molar-refractivity contribution in [3.05, 3.63) is 96.6 Å². The minimum atomic E-state index is -0.908. The average molecular weight is 862 g/mol. The van der Waals surface area contributed by atoms with Crippen LogP contribution in [0, 0.1) is 5.92 Å². The number of hydrogen-bond donors (Lipinski definition) is 6. The number of carbonyl (C=O) groups is 8. The average Bonchev–Trinajstić information content (AvgIpc) is 3.92. The predicted octanol–water partition coefficient (Wildman–Crippen LogP) is 5.34. The molecule has 0 bridgehead atoms. The maximum Gasteiger partial charge on any atom is 0.272 e. The summed E-state index contributed by atoms with van der Waals surface area (Å²) in [5.41, 5.74) is 4.46. The lowest BCUT2D eigenvalue weighted by Gasteiger charge is -2.15. The second kappa shape index (κ2) is 22.0. The summed E-state index contributed by atoms with van der Waals surface area (Å²) < 4.78 is 3.37. The number of hydrogen-bond acceptors (Lipinski definition) is 8. The topological polar surface area (TPSA) is 222 Å². The Morgan fingerprint density at radius 2 is 1.13 bits per heavy atom. The van der Waals surface area contributed by atoms with Crippen LogP contribution in [0.25, 0.3) is 11.1 Å². The van der Waals surface area contributed by atoms with Gasteiger partial charge in [0, 0.05) is 80.7 Å². The van der Waals surface area contributed by atoms with Gasteiger partial charge >= 0.3 is 0 Å². The van der Waals surface area contributed by atoms with Crippen LogP contribution >= 0.6 is 0 Å². The molecule has 8 amide bonds. The maximum absolute atomic E-state index is 13.3. The fraction of sp³-hybridized carbons (Fsp3) is 0.348. The number of imide groups is 1. The molecular formula is C46H55N9O8. The minimum absolute atomic E-state index is 0.0864. The van der Waals surface area contributed by atoms with Gasteiger partial charge in [0.2, 0.25) is 23.6 Å². The molecule has 17 heteroatoms. The van der Waals surface area contributed by atoms with Crippen molar-refractivity contribution in [1.82, 2.24) is 24.7 Å². The molecule has 332 valence electrons. The van der Waals surface area contributed by atoms with E-state index in [1.807, 2.05) is 18.3 Å². The maximum atomic E-state index is 13.3. The van der Waals surface area contributed by atoms with E-state index >= 15 is 0 Å². The molecule has 0 aliphatic carbocycles. The smallest absolute Gasteiger partial charge is 0.272 e. The quantitative estimate of drug-likeness (QED) is 0.0473. The van der Waals surface area contributed by atoms with Crippen LogP contribution in [-0.4, -0.2) is 80.4 Å². The predicted molar refractivity (Wildman–Crippen MR) is 240 cm³/mol. The lowest BCUT2D eigenvalue weighted by molar-refractivity contribution is -0.137. The molecule has 2 aromatic carbocycles. The molecule has 1 aliphatic heterocycles. The summed E-state index contributed by atoms with van der Waals surface area (Å²) in [6.07, 6.45) is 10.1. The highest BCUT2D eigenvalue weighted by molar-refractivity contribution is 6.13. The van der Waals surface area contributed by atoms with Crippen molar-refractivity contribution >= 4 is 70.0 Å². The van der Waals surface area contributed by atoms with Gasteiger partial charge in [-0.3, -0.25) is 43.3 Å². The molecule has 1 aliphatic rings. The minimum Gasteiger partial charge on any atom is -0.347 e. The van der Waals surface area contributed by atoms with Crippen molar-refractivity contribution in [2.75, 3.05) is 34.4 Å². The number of aromatic nitrogens is 2. The summed E-state index contributed by atoms with van der Waals surface area (Å²) in [6, 6.07) is 16.2. The second-order valence-electron chi connectivity index (χ2n) is 15.9. The molecule has 0 radical (unpaired) electrons. The summed E-state index contributed by atoms with van der Waals surface area (Å²) in [6.45, 7) is 5.73. The standard InChI is InChI=1S/C46H55N9O8/c1-29(2)10-9-12-40(57)49-36-25-38(54(5)28-36)46(63)51-33-15-13-31(14-16-33)32-24-37(53(4)27-32)45(62)52-35-19-17-34(18-20-35)50-44(61)30(3)48-41(58)26-47-39(56)11-7-6-8-23-55-42(59)21-22-43(55)60/h13-22,24-25,27-30H,6-12,23,26H2,1-5H3,(H,47,56)(H,48,58)(H,49,57)(H,50,61)(H,51,63)(H,52,62). The molecule has 2 aromatic heterocycles. The van der Waals surface area contributed by atoms with Crippen molar-refractivity contribution in [2.45, 2.75) is 71.8 Å². The number of nitrogens with one attached hydrogen (secondary N) is 6. The van der Waals surface area contributed by atoms with E-state index in [4.69, 9.17) is 0 Å². The Kier molecular flexibility index (Phi) is 16.3. The summed E-state index contributed by atoms with van der Waals surface area (Å²) in [4.78, 5) is 100. The molecule has 17 nitrogen and oxygen atoms in total. The van der Waals surface area contributed by atoms with Crippen LogP contribution in [0.15, 0.2) is 85.2 Å². The van der Waals surface area contributed by atoms with Crippen molar-refractivity contribution in [2.24, 2.45) is 20.0 Å². The Bertz CT molecular complexity index is 2340. The Hall–Kier alpha value is -7.30. The van der Waals surface area contributed by atoms with Gasteiger partial charge in [-0.1, -0.05) is 38.8 Å². The van der Waals surface area contributed by atoms with Gasteiger partial charge < -0.3 is 41.0 Å². The SMILES string of the molecule is CC(C)CCCC(=O)Nc1cc(C(=O)Nc2ccc(-c3cc(C(=O)Nc4ccc(NC(=O)C(C)NC(=O)CNC(=O)CCCCCN5C(=O)C=CC5=O)cc4)n(C)c3)cc2)n(C)c1. The van der Waals surface area contributed by atoms with E-state index in [0.717, 1.165) is 28.9 Å². The molecule has 0 fully saturated rings. The van der Waals surface area contributed by atoms with E-state index < -0.39 is 17.9 Å². The molecule has 6 N–H and O–H groups in total. The molecule has 0 saturated heterocycles. The number of anilines is 4. The van der Waals surface area contributed by atoms with Crippen molar-refractivity contribution in [1.29, 1.82) is 0 Å². The fourth-order valence-corrected chi connectivity index (χ4v) is 6.73. The van der Waals surface area contributed by atoms with Crippen molar-refractivity contribution in [3.8, 4) is 11.1 Å². The summed E-state index contributed by atoms with van der Waals surface area (Å²) in [5.74, 6) is -2.27. The van der Waals surface area contributed by atoms with Crippen LogP contribution in [0.4, 0.5) is 22.7 Å². The normalized spacial score (nSPS) is 12.6. The van der Waals surface area contributed by atoms with Crippen LogP contribution in [-0.2, 0) is 42.9 Å². The van der Waals surface area contributed by atoms with E-state index in [1.54, 1.807) is 78.0 Å². The highest BCUT2D eigenvalue weighted by Crippen LogP contribution is 2.25. The zero-order valence-electron chi connectivity index (χ0n) is 36.2. The fourth-order valence-electron chi connectivity index (χ4n) is 6.73. The molecule has 3 heterocycles. The number of rotatable bonds is 21. The van der Waals surface area contributed by atoms with E-state index in [-0.39, 0.29) is 55.0 Å². The first kappa shape index (κ1) is 46.8. The Balaban J connectivity index is 1.02. The van der Waals surface area contributed by atoms with E-state index in [1.165, 1.54) is 19.1 Å². The number of amides is 8. The summed E-state index contributed by atoms with van der Waals surface area (Å²) in [7, 11) is 3.50.